The molecule has 2 aromatic heterocycles. The highest BCUT2D eigenvalue weighted by molar-refractivity contribution is 6.34. The molecule has 0 unspecified atom stereocenters. The van der Waals surface area contributed by atoms with Crippen LogP contribution in [-0.2, 0) is 18.3 Å². The maximum atomic E-state index is 13.3. The summed E-state index contributed by atoms with van der Waals surface area (Å²) in [5.74, 6) is 0.624. The lowest BCUT2D eigenvalue weighted by molar-refractivity contribution is -0.00966. The number of aryl methyl sites for hydroxylation is 1. The van der Waals surface area contributed by atoms with Crippen LogP contribution in [-0.4, -0.2) is 54.5 Å². The Balaban J connectivity index is 1.67. The van der Waals surface area contributed by atoms with Gasteiger partial charge in [-0.1, -0.05) is 37.0 Å². The monoisotopic (exact) mass is 572 g/mol. The second kappa shape index (κ2) is 12.1. The summed E-state index contributed by atoms with van der Waals surface area (Å²) < 4.78 is 7.57. The van der Waals surface area contributed by atoms with E-state index in [4.69, 9.17) is 37.9 Å². The van der Waals surface area contributed by atoms with Crippen LogP contribution < -0.4 is 4.90 Å². The van der Waals surface area contributed by atoms with Crippen molar-refractivity contribution in [1.82, 2.24) is 24.6 Å². The van der Waals surface area contributed by atoms with Gasteiger partial charge in [0.25, 0.3) is 0 Å². The maximum absolute atomic E-state index is 13.3. The van der Waals surface area contributed by atoms with Crippen molar-refractivity contribution in [3.63, 3.8) is 0 Å². The molecule has 1 amide bonds. The fraction of sp³-hybridized carbons (Fsp3) is 0.517. The van der Waals surface area contributed by atoms with Crippen LogP contribution in [0.1, 0.15) is 65.9 Å². The number of aromatic nitrogens is 4. The zero-order chi connectivity index (χ0) is 28.3. The number of ether oxygens (including phenoxy) is 1. The van der Waals surface area contributed by atoms with Crippen LogP contribution in [0.25, 0.3) is 11.1 Å². The molecule has 0 saturated carbocycles. The average molecular weight is 574 g/mol. The Labute approximate surface area is 241 Å². The molecule has 3 aromatic rings. The molecule has 0 aliphatic carbocycles. The van der Waals surface area contributed by atoms with Crippen LogP contribution in [0, 0.1) is 0 Å². The van der Waals surface area contributed by atoms with E-state index in [1.54, 1.807) is 16.9 Å². The molecular formula is C29H38Cl2N6O2. The van der Waals surface area contributed by atoms with Crippen LogP contribution in [0.5, 0.6) is 0 Å². The van der Waals surface area contributed by atoms with Crippen molar-refractivity contribution in [2.24, 2.45) is 7.05 Å². The van der Waals surface area contributed by atoms with Crippen molar-refractivity contribution in [2.75, 3.05) is 4.90 Å². The van der Waals surface area contributed by atoms with E-state index in [-0.39, 0.29) is 24.2 Å². The van der Waals surface area contributed by atoms with Crippen molar-refractivity contribution in [3.8, 4) is 11.1 Å². The van der Waals surface area contributed by atoms with Gasteiger partial charge in [-0.2, -0.15) is 5.10 Å². The number of rotatable bonds is 7. The van der Waals surface area contributed by atoms with Gasteiger partial charge < -0.3 is 14.5 Å². The number of hydrogen-bond acceptors (Lipinski definition) is 6. The zero-order valence-electron chi connectivity index (χ0n) is 23.6. The predicted octanol–water partition coefficient (Wildman–Crippen LogP) is 7.15. The van der Waals surface area contributed by atoms with E-state index in [1.807, 2.05) is 63.4 Å². The molecule has 8 nitrogen and oxygen atoms in total. The van der Waals surface area contributed by atoms with Crippen LogP contribution in [0.4, 0.5) is 10.7 Å². The van der Waals surface area contributed by atoms with E-state index in [0.717, 1.165) is 42.4 Å². The molecule has 4 rings (SSSR count). The molecular weight excluding hydrogens is 535 g/mol. The first-order valence-electron chi connectivity index (χ1n) is 13.5. The van der Waals surface area contributed by atoms with Crippen molar-refractivity contribution in [3.05, 3.63) is 58.6 Å². The molecule has 0 N–H and O–H groups in total. The Bertz CT molecular complexity index is 1240. The summed E-state index contributed by atoms with van der Waals surface area (Å²) in [7, 11) is 1.88. The topological polar surface area (TPSA) is 76.4 Å². The minimum absolute atomic E-state index is 0.0312. The predicted molar refractivity (Wildman–Crippen MR) is 156 cm³/mol. The molecule has 1 aliphatic heterocycles. The van der Waals surface area contributed by atoms with Gasteiger partial charge in [-0.25, -0.2) is 14.8 Å². The smallest absolute Gasteiger partial charge is 0.410 e. The van der Waals surface area contributed by atoms with E-state index >= 15 is 0 Å². The molecule has 3 atom stereocenters. The summed E-state index contributed by atoms with van der Waals surface area (Å²) in [6.07, 6.45) is 10.4. The lowest BCUT2D eigenvalue weighted by atomic mass is 9.87. The number of carbonyl (C=O) groups excluding carboxylic acids is 1. The number of carbonyl (C=O) groups is 1. The largest absolute Gasteiger partial charge is 0.444 e. The lowest BCUT2D eigenvalue weighted by Gasteiger charge is -2.48. The highest BCUT2D eigenvalue weighted by Gasteiger charge is 2.41. The number of likely N-dealkylation sites (tertiary alicyclic amines) is 1. The van der Waals surface area contributed by atoms with Crippen molar-refractivity contribution in [1.29, 1.82) is 0 Å². The second-order valence-corrected chi connectivity index (χ2v) is 12.1. The Kier molecular flexibility index (Phi) is 9.07. The van der Waals surface area contributed by atoms with Gasteiger partial charge in [-0.15, -0.1) is 0 Å². The van der Waals surface area contributed by atoms with E-state index in [1.165, 1.54) is 0 Å². The summed E-state index contributed by atoms with van der Waals surface area (Å²) in [5.41, 5.74) is 2.28. The Morgan fingerprint density at radius 2 is 1.59 bits per heavy atom. The van der Waals surface area contributed by atoms with Gasteiger partial charge in [0.1, 0.15) is 5.60 Å². The van der Waals surface area contributed by atoms with E-state index in [2.05, 4.69) is 23.8 Å². The molecule has 10 heteroatoms. The fourth-order valence-corrected chi connectivity index (χ4v) is 5.87. The number of piperidine rings is 1. The summed E-state index contributed by atoms with van der Waals surface area (Å²) in [6, 6.07) is 5.74. The Morgan fingerprint density at radius 1 is 1.00 bits per heavy atom. The van der Waals surface area contributed by atoms with Gasteiger partial charge in [0.15, 0.2) is 0 Å². The van der Waals surface area contributed by atoms with Gasteiger partial charge in [-0.3, -0.25) is 4.68 Å². The minimum atomic E-state index is -0.549. The highest BCUT2D eigenvalue weighted by atomic mass is 35.5. The van der Waals surface area contributed by atoms with E-state index < -0.39 is 5.60 Å². The second-order valence-electron chi connectivity index (χ2n) is 11.2. The molecule has 39 heavy (non-hydrogen) atoms. The van der Waals surface area contributed by atoms with Gasteiger partial charge in [-0.05, 0) is 70.2 Å². The summed E-state index contributed by atoms with van der Waals surface area (Å²) >= 11 is 12.7. The first-order valence-corrected chi connectivity index (χ1v) is 14.3. The first-order chi connectivity index (χ1) is 18.5. The number of anilines is 1. The van der Waals surface area contributed by atoms with Crippen molar-refractivity contribution < 1.29 is 9.53 Å². The number of benzene rings is 1. The number of hydrogen-bond donors (Lipinski definition) is 0. The Hall–Kier alpha value is -2.84. The Morgan fingerprint density at radius 3 is 2.08 bits per heavy atom. The fourth-order valence-electron chi connectivity index (χ4n) is 5.29. The van der Waals surface area contributed by atoms with Gasteiger partial charge in [0.2, 0.25) is 5.95 Å². The third kappa shape index (κ3) is 7.22. The molecule has 1 aliphatic rings. The average Bonchev–Trinajstić information content (AvgIpc) is 3.31. The van der Waals surface area contributed by atoms with Crippen LogP contribution in [0.2, 0.25) is 10.0 Å². The van der Waals surface area contributed by atoms with Crippen LogP contribution in [0.15, 0.2) is 43.0 Å². The highest BCUT2D eigenvalue weighted by Crippen LogP contribution is 2.34. The lowest BCUT2D eigenvalue weighted by Crippen LogP contribution is -2.57. The third-order valence-corrected chi connectivity index (χ3v) is 7.51. The zero-order valence-corrected chi connectivity index (χ0v) is 25.1. The molecule has 1 fully saturated rings. The standard InChI is InChI=1S/C29H38Cl2N6O2/c1-7-24-12-26(13-25(8-2)37(24)28(38)39-29(3,4)5)36(17-19-9-22(30)11-23(31)10-19)27-32-14-20(15-33-27)21-16-34-35(6)18-21/h9-11,14-16,18,24-26H,7-8,12-13,17H2,1-6H3/t24-,25+,26+. The van der Waals surface area contributed by atoms with Crippen molar-refractivity contribution >= 4 is 35.2 Å². The number of amides is 1. The SMILES string of the molecule is CC[C@@H]1C[C@H](N(Cc2cc(Cl)cc(Cl)c2)c2ncc(-c3cnn(C)c3)cn2)C[C@H](CC)N1C(=O)OC(C)(C)C. The van der Waals surface area contributed by atoms with Gasteiger partial charge in [0, 0.05) is 71.5 Å². The van der Waals surface area contributed by atoms with Crippen LogP contribution >= 0.6 is 23.2 Å². The number of nitrogens with zero attached hydrogens (tertiary/aromatic N) is 6. The first kappa shape index (κ1) is 29.2. The van der Waals surface area contributed by atoms with E-state index in [9.17, 15) is 4.79 Å². The normalized spacial score (nSPS) is 19.7. The maximum Gasteiger partial charge on any atom is 0.410 e. The third-order valence-electron chi connectivity index (χ3n) is 7.07. The summed E-state index contributed by atoms with van der Waals surface area (Å²) in [5, 5.41) is 5.43. The minimum Gasteiger partial charge on any atom is -0.444 e. The molecule has 1 saturated heterocycles. The van der Waals surface area contributed by atoms with Crippen LogP contribution in [0.3, 0.4) is 0 Å². The summed E-state index contributed by atoms with van der Waals surface area (Å²) in [4.78, 5) is 27.0. The van der Waals surface area contributed by atoms with Gasteiger partial charge in [0.05, 0.1) is 6.20 Å². The molecule has 0 bridgehead atoms. The molecule has 0 radical (unpaired) electrons. The quantitative estimate of drug-likeness (QED) is 0.299. The van der Waals surface area contributed by atoms with Gasteiger partial charge >= 0.3 is 6.09 Å². The van der Waals surface area contributed by atoms with Crippen molar-refractivity contribution in [2.45, 2.75) is 90.6 Å². The molecule has 0 spiro atoms. The molecule has 3 heterocycles. The molecule has 1 aromatic carbocycles. The van der Waals surface area contributed by atoms with E-state index in [0.29, 0.717) is 22.5 Å². The number of halogens is 2. The molecule has 210 valence electrons. The summed E-state index contributed by atoms with van der Waals surface area (Å²) in [6.45, 7) is 10.5.